The van der Waals surface area contributed by atoms with Crippen LogP contribution in [0.4, 0.5) is 13.2 Å². The van der Waals surface area contributed by atoms with E-state index in [4.69, 9.17) is 5.11 Å². The standard InChI is InChI=1S/C27H20F3N3O4/c28-27(29,30)14-32-25(35)22-13-33(24-19(23(22)34)5-2-10-31-24)18-4-1-3-17(11-18)15-6-8-16(9-7-15)20-12-21(20)26(36)37/h1-11,13,20-21H,12,14H2,(H,32,35)(H,36,37)/t20?,21-/m1/s1. The minimum absolute atomic E-state index is 0.0124. The zero-order valence-corrected chi connectivity index (χ0v) is 19.2. The van der Waals surface area contributed by atoms with Crippen molar-refractivity contribution in [3.63, 3.8) is 0 Å². The van der Waals surface area contributed by atoms with Crippen molar-refractivity contribution in [2.75, 3.05) is 6.54 Å². The number of benzene rings is 2. The van der Waals surface area contributed by atoms with Gasteiger partial charge in [0.15, 0.2) is 0 Å². The van der Waals surface area contributed by atoms with E-state index in [9.17, 15) is 27.6 Å². The number of carboxylic acid groups (broad SMARTS) is 1. The Bertz CT molecular complexity index is 1580. The summed E-state index contributed by atoms with van der Waals surface area (Å²) in [5.41, 5.74) is 2.27. The van der Waals surface area contributed by atoms with E-state index in [1.807, 2.05) is 36.4 Å². The number of nitrogens with zero attached hydrogens (tertiary/aromatic N) is 2. The summed E-state index contributed by atoms with van der Waals surface area (Å²) >= 11 is 0. The Morgan fingerprint density at radius 2 is 1.81 bits per heavy atom. The zero-order chi connectivity index (χ0) is 26.3. The monoisotopic (exact) mass is 507 g/mol. The van der Waals surface area contributed by atoms with Gasteiger partial charge in [-0.15, -0.1) is 0 Å². The molecule has 1 aliphatic rings. The van der Waals surface area contributed by atoms with E-state index in [2.05, 4.69) is 4.98 Å². The van der Waals surface area contributed by atoms with Crippen LogP contribution in [0.1, 0.15) is 28.3 Å². The van der Waals surface area contributed by atoms with Gasteiger partial charge in [-0.3, -0.25) is 14.4 Å². The molecule has 7 nitrogen and oxygen atoms in total. The molecule has 5 rings (SSSR count). The third-order valence-corrected chi connectivity index (χ3v) is 6.36. The maximum Gasteiger partial charge on any atom is 0.405 e. The van der Waals surface area contributed by atoms with E-state index in [1.165, 1.54) is 29.1 Å². The molecule has 0 bridgehead atoms. The highest BCUT2D eigenvalue weighted by Crippen LogP contribution is 2.47. The van der Waals surface area contributed by atoms with Crippen LogP contribution in [0.15, 0.2) is 77.9 Å². The number of halogens is 3. The molecule has 2 atom stereocenters. The lowest BCUT2D eigenvalue weighted by Crippen LogP contribution is -2.36. The molecular formula is C27H20F3N3O4. The number of alkyl halides is 3. The van der Waals surface area contributed by atoms with Crippen LogP contribution in [0.5, 0.6) is 0 Å². The molecule has 37 heavy (non-hydrogen) atoms. The van der Waals surface area contributed by atoms with Crippen LogP contribution in [-0.2, 0) is 4.79 Å². The number of aromatic nitrogens is 2. The fourth-order valence-electron chi connectivity index (χ4n) is 4.39. The summed E-state index contributed by atoms with van der Waals surface area (Å²) in [5, 5.41) is 11.0. The molecule has 2 N–H and O–H groups in total. The molecule has 0 spiro atoms. The lowest BCUT2D eigenvalue weighted by atomic mass is 10.0. The topological polar surface area (TPSA) is 101 Å². The second-order valence-corrected chi connectivity index (χ2v) is 8.87. The third-order valence-electron chi connectivity index (χ3n) is 6.36. The first kappa shape index (κ1) is 24.2. The number of hydrogen-bond donors (Lipinski definition) is 2. The number of amides is 1. The molecule has 1 saturated carbocycles. The quantitative estimate of drug-likeness (QED) is 0.399. The SMILES string of the molecule is O=C(NCC(F)(F)F)c1cn(-c2cccc(-c3ccc(C4C[C@H]4C(=O)O)cc3)c2)c2ncccc2c1=O. The second kappa shape index (κ2) is 9.20. The van der Waals surface area contributed by atoms with Crippen LogP contribution < -0.4 is 10.7 Å². The molecule has 1 unspecified atom stereocenters. The van der Waals surface area contributed by atoms with Crippen molar-refractivity contribution in [3.05, 3.63) is 94.4 Å². The summed E-state index contributed by atoms with van der Waals surface area (Å²) in [5.74, 6) is -2.26. The summed E-state index contributed by atoms with van der Waals surface area (Å²) in [7, 11) is 0. The summed E-state index contributed by atoms with van der Waals surface area (Å²) in [4.78, 5) is 40.8. The Morgan fingerprint density at radius 3 is 2.49 bits per heavy atom. The van der Waals surface area contributed by atoms with Gasteiger partial charge in [0, 0.05) is 18.1 Å². The first-order valence-electron chi connectivity index (χ1n) is 11.4. The highest BCUT2D eigenvalue weighted by Gasteiger charge is 2.44. The highest BCUT2D eigenvalue weighted by molar-refractivity contribution is 5.97. The van der Waals surface area contributed by atoms with E-state index in [0.717, 1.165) is 16.7 Å². The molecule has 2 aromatic carbocycles. The lowest BCUT2D eigenvalue weighted by molar-refractivity contribution is -0.138. The van der Waals surface area contributed by atoms with Crippen LogP contribution in [0, 0.1) is 5.92 Å². The van der Waals surface area contributed by atoms with Gasteiger partial charge in [0.05, 0.1) is 11.3 Å². The van der Waals surface area contributed by atoms with Crippen LogP contribution in [-0.4, -0.2) is 39.3 Å². The lowest BCUT2D eigenvalue weighted by Gasteiger charge is -2.14. The largest absolute Gasteiger partial charge is 0.481 e. The minimum Gasteiger partial charge on any atom is -0.481 e. The number of nitrogens with one attached hydrogen (secondary N) is 1. The maximum absolute atomic E-state index is 12.9. The van der Waals surface area contributed by atoms with Crippen LogP contribution in [0.2, 0.25) is 0 Å². The van der Waals surface area contributed by atoms with Gasteiger partial charge in [-0.1, -0.05) is 36.4 Å². The zero-order valence-electron chi connectivity index (χ0n) is 19.2. The van der Waals surface area contributed by atoms with Gasteiger partial charge in [-0.2, -0.15) is 13.2 Å². The molecule has 2 aromatic heterocycles. The number of fused-ring (bicyclic) bond motifs is 1. The summed E-state index contributed by atoms with van der Waals surface area (Å²) in [6.45, 7) is -1.56. The number of carbonyl (C=O) groups excluding carboxylic acids is 1. The summed E-state index contributed by atoms with van der Waals surface area (Å²) < 4.78 is 39.4. The van der Waals surface area contributed by atoms with Crippen LogP contribution >= 0.6 is 0 Å². The number of carbonyl (C=O) groups is 2. The van der Waals surface area contributed by atoms with E-state index >= 15 is 0 Å². The first-order valence-corrected chi connectivity index (χ1v) is 11.4. The van der Waals surface area contributed by atoms with Crippen molar-refractivity contribution in [3.8, 4) is 16.8 Å². The number of pyridine rings is 2. The van der Waals surface area contributed by atoms with Crippen molar-refractivity contribution in [2.45, 2.75) is 18.5 Å². The van der Waals surface area contributed by atoms with E-state index < -0.39 is 35.6 Å². The molecule has 1 fully saturated rings. The van der Waals surface area contributed by atoms with Gasteiger partial charge >= 0.3 is 12.1 Å². The van der Waals surface area contributed by atoms with Crippen LogP contribution in [0.25, 0.3) is 27.8 Å². The Balaban J connectivity index is 1.52. The maximum atomic E-state index is 12.9. The predicted molar refractivity (Wildman–Crippen MR) is 130 cm³/mol. The molecule has 0 aliphatic heterocycles. The normalized spacial score (nSPS) is 16.9. The number of rotatable bonds is 6. The van der Waals surface area contributed by atoms with Crippen molar-refractivity contribution >= 4 is 22.9 Å². The average Bonchev–Trinajstić information content (AvgIpc) is 3.69. The van der Waals surface area contributed by atoms with Crippen molar-refractivity contribution in [2.24, 2.45) is 5.92 Å². The molecule has 1 aliphatic carbocycles. The molecule has 188 valence electrons. The molecule has 4 aromatic rings. The number of aliphatic carboxylic acids is 1. The minimum atomic E-state index is -4.62. The Kier molecular flexibility index (Phi) is 6.02. The van der Waals surface area contributed by atoms with E-state index in [-0.39, 0.29) is 22.9 Å². The Hall–Kier alpha value is -4.47. The van der Waals surface area contributed by atoms with Crippen molar-refractivity contribution < 1.29 is 27.9 Å². The summed E-state index contributed by atoms with van der Waals surface area (Å²) in [6, 6.07) is 17.7. The average molecular weight is 507 g/mol. The highest BCUT2D eigenvalue weighted by atomic mass is 19.4. The van der Waals surface area contributed by atoms with Crippen LogP contribution in [0.3, 0.4) is 0 Å². The number of carboxylic acids is 1. The molecule has 0 saturated heterocycles. The molecule has 0 radical (unpaired) electrons. The third kappa shape index (κ3) is 4.95. The molecule has 10 heteroatoms. The molecule has 2 heterocycles. The first-order chi connectivity index (χ1) is 17.6. The fraction of sp³-hybridized carbons (Fsp3) is 0.185. The van der Waals surface area contributed by atoms with Crippen molar-refractivity contribution in [1.82, 2.24) is 14.9 Å². The Labute approximate surface area is 208 Å². The van der Waals surface area contributed by atoms with Gasteiger partial charge in [-0.05, 0) is 53.3 Å². The van der Waals surface area contributed by atoms with Gasteiger partial charge in [0.2, 0.25) is 5.43 Å². The van der Waals surface area contributed by atoms with Gasteiger partial charge in [0.1, 0.15) is 17.8 Å². The van der Waals surface area contributed by atoms with E-state index in [1.54, 1.807) is 17.4 Å². The second-order valence-electron chi connectivity index (χ2n) is 8.87. The summed E-state index contributed by atoms with van der Waals surface area (Å²) in [6.07, 6.45) is -1.32. The molecule has 1 amide bonds. The van der Waals surface area contributed by atoms with Crippen molar-refractivity contribution in [1.29, 1.82) is 0 Å². The number of hydrogen-bond acceptors (Lipinski definition) is 4. The Morgan fingerprint density at radius 1 is 1.05 bits per heavy atom. The van der Waals surface area contributed by atoms with Gasteiger partial charge < -0.3 is 15.0 Å². The van der Waals surface area contributed by atoms with Gasteiger partial charge in [-0.25, -0.2) is 4.98 Å². The fourth-order valence-corrected chi connectivity index (χ4v) is 4.39. The molecular weight excluding hydrogens is 487 g/mol. The van der Waals surface area contributed by atoms with E-state index in [0.29, 0.717) is 12.1 Å². The predicted octanol–water partition coefficient (Wildman–Crippen LogP) is 4.53. The van der Waals surface area contributed by atoms with Gasteiger partial charge in [0.25, 0.3) is 5.91 Å². The smallest absolute Gasteiger partial charge is 0.405 e.